The van der Waals surface area contributed by atoms with E-state index in [0.717, 1.165) is 14.2 Å². The van der Waals surface area contributed by atoms with Gasteiger partial charge in [-0.25, -0.2) is 0 Å². The molecule has 10 heteroatoms. The molecule has 0 aromatic heterocycles. The van der Waals surface area contributed by atoms with Crippen LogP contribution in [0.25, 0.3) is 12.2 Å². The van der Waals surface area contributed by atoms with Crippen LogP contribution in [0.4, 0.5) is 11.4 Å². The lowest BCUT2D eigenvalue weighted by molar-refractivity contribution is 0.396. The normalized spacial score (nSPS) is 12.5. The summed E-state index contributed by atoms with van der Waals surface area (Å²) in [6.45, 7) is 0. The number of nitrogens with two attached hydrogens (primary N) is 2. The molecule has 8 nitrogen and oxygen atoms in total. The van der Waals surface area contributed by atoms with E-state index in [4.69, 9.17) is 11.5 Å². The number of anilines is 2. The minimum absolute atomic E-state index is 0.136. The van der Waals surface area contributed by atoms with Crippen LogP contribution in [0.1, 0.15) is 11.1 Å². The maximum absolute atomic E-state index is 12.1. The second-order valence-electron chi connectivity index (χ2n) is 5.17. The number of nitrogen functional groups attached to an aromatic ring is 2. The van der Waals surface area contributed by atoms with Crippen LogP contribution in [0, 0.1) is 0 Å². The third kappa shape index (κ3) is 4.22. The number of hydrogen-bond donors (Lipinski definition) is 2. The van der Waals surface area contributed by atoms with Crippen LogP contribution in [-0.2, 0) is 28.6 Å². The van der Waals surface area contributed by atoms with Crippen LogP contribution >= 0.6 is 0 Å². The zero-order valence-electron chi connectivity index (χ0n) is 14.0. The second-order valence-corrected chi connectivity index (χ2v) is 8.53. The summed E-state index contributed by atoms with van der Waals surface area (Å²) in [5, 5.41) is 0. The Morgan fingerprint density at radius 3 is 1.38 bits per heavy atom. The van der Waals surface area contributed by atoms with E-state index >= 15 is 0 Å². The fraction of sp³-hybridized carbons (Fsp3) is 0.125. The van der Waals surface area contributed by atoms with Gasteiger partial charge in [0.05, 0.1) is 14.2 Å². The molecule has 2 aromatic rings. The lowest BCUT2D eigenvalue weighted by Gasteiger charge is -2.09. The van der Waals surface area contributed by atoms with Gasteiger partial charge in [-0.3, -0.25) is 8.37 Å². The molecule has 140 valence electrons. The van der Waals surface area contributed by atoms with Crippen molar-refractivity contribution in [3.8, 4) is 0 Å². The van der Waals surface area contributed by atoms with E-state index in [1.165, 1.54) is 48.6 Å². The summed E-state index contributed by atoms with van der Waals surface area (Å²) in [7, 11) is -5.93. The van der Waals surface area contributed by atoms with Crippen molar-refractivity contribution in [1.29, 1.82) is 0 Å². The van der Waals surface area contributed by atoms with Gasteiger partial charge in [0.15, 0.2) is 0 Å². The first-order valence-corrected chi connectivity index (χ1v) is 10.0. The Morgan fingerprint density at radius 2 is 1.08 bits per heavy atom. The Hall–Kier alpha value is -2.40. The summed E-state index contributed by atoms with van der Waals surface area (Å²) in [4.78, 5) is -0.273. The second kappa shape index (κ2) is 7.46. The fourth-order valence-corrected chi connectivity index (χ4v) is 3.94. The average molecular weight is 398 g/mol. The molecule has 0 heterocycles. The molecular formula is C16H18N2O6S2. The molecular weight excluding hydrogens is 380 g/mol. The summed E-state index contributed by atoms with van der Waals surface area (Å²) >= 11 is 0. The Balaban J connectivity index is 2.60. The van der Waals surface area contributed by atoms with Crippen LogP contribution in [0.3, 0.4) is 0 Å². The molecule has 0 unspecified atom stereocenters. The van der Waals surface area contributed by atoms with E-state index in [9.17, 15) is 16.8 Å². The molecule has 0 radical (unpaired) electrons. The van der Waals surface area contributed by atoms with Crippen molar-refractivity contribution in [2.24, 2.45) is 0 Å². The standard InChI is InChI=1S/C16H18N2O6S2/c1-23-25(19,20)15-9-13(17)7-5-11(15)3-4-12-6-8-14(18)10-16(12)26(21,22)24-2/h3-10H,17-18H2,1-2H3/b4-3+. The molecule has 0 fully saturated rings. The van der Waals surface area contributed by atoms with Gasteiger partial charge in [-0.2, -0.15) is 16.8 Å². The first kappa shape index (κ1) is 19.9. The van der Waals surface area contributed by atoms with Crippen molar-refractivity contribution >= 4 is 43.8 Å². The van der Waals surface area contributed by atoms with Gasteiger partial charge in [-0.05, 0) is 35.4 Å². The van der Waals surface area contributed by atoms with Gasteiger partial charge < -0.3 is 11.5 Å². The molecule has 0 aliphatic carbocycles. The smallest absolute Gasteiger partial charge is 0.297 e. The van der Waals surface area contributed by atoms with E-state index in [2.05, 4.69) is 8.37 Å². The van der Waals surface area contributed by atoms with E-state index in [-0.39, 0.29) is 32.3 Å². The highest BCUT2D eigenvalue weighted by atomic mass is 32.2. The Bertz CT molecular complexity index is 975. The van der Waals surface area contributed by atoms with Gasteiger partial charge in [0, 0.05) is 11.4 Å². The van der Waals surface area contributed by atoms with Crippen LogP contribution in [0.2, 0.25) is 0 Å². The highest BCUT2D eigenvalue weighted by Gasteiger charge is 2.19. The van der Waals surface area contributed by atoms with Crippen molar-refractivity contribution in [3.05, 3.63) is 47.5 Å². The Labute approximate surface area is 152 Å². The molecule has 0 spiro atoms. The lowest BCUT2D eigenvalue weighted by atomic mass is 10.1. The summed E-state index contributed by atoms with van der Waals surface area (Å²) in [6.07, 6.45) is 2.87. The molecule has 0 amide bonds. The summed E-state index contributed by atoms with van der Waals surface area (Å²) in [6, 6.07) is 8.52. The topological polar surface area (TPSA) is 139 Å². The van der Waals surface area contributed by atoms with E-state index < -0.39 is 20.2 Å². The summed E-state index contributed by atoms with van der Waals surface area (Å²) < 4.78 is 57.3. The van der Waals surface area contributed by atoms with Crippen LogP contribution in [0.5, 0.6) is 0 Å². The van der Waals surface area contributed by atoms with Gasteiger partial charge >= 0.3 is 0 Å². The monoisotopic (exact) mass is 398 g/mol. The first-order chi connectivity index (χ1) is 12.1. The third-order valence-electron chi connectivity index (χ3n) is 3.50. The molecule has 0 aliphatic rings. The van der Waals surface area contributed by atoms with Gasteiger partial charge in [0.2, 0.25) is 0 Å². The minimum Gasteiger partial charge on any atom is -0.399 e. The highest BCUT2D eigenvalue weighted by molar-refractivity contribution is 7.87. The van der Waals surface area contributed by atoms with Gasteiger partial charge in [0.25, 0.3) is 20.2 Å². The van der Waals surface area contributed by atoms with Gasteiger partial charge in [-0.15, -0.1) is 0 Å². The maximum Gasteiger partial charge on any atom is 0.297 e. The number of benzene rings is 2. The van der Waals surface area contributed by atoms with E-state index in [1.807, 2.05) is 0 Å². The average Bonchev–Trinajstić information content (AvgIpc) is 2.61. The zero-order valence-corrected chi connectivity index (χ0v) is 15.7. The third-order valence-corrected chi connectivity index (χ3v) is 6.16. The van der Waals surface area contributed by atoms with E-state index in [0.29, 0.717) is 0 Å². The van der Waals surface area contributed by atoms with Crippen LogP contribution < -0.4 is 11.5 Å². The van der Waals surface area contributed by atoms with Gasteiger partial charge in [0.1, 0.15) is 9.79 Å². The molecule has 0 bridgehead atoms. The van der Waals surface area contributed by atoms with Crippen molar-refractivity contribution in [3.63, 3.8) is 0 Å². The number of hydrogen-bond acceptors (Lipinski definition) is 8. The predicted octanol–water partition coefficient (Wildman–Crippen LogP) is 1.69. The molecule has 0 saturated carbocycles. The summed E-state index contributed by atoms with van der Waals surface area (Å²) in [5.74, 6) is 0. The fourth-order valence-electron chi connectivity index (χ4n) is 2.17. The molecule has 26 heavy (non-hydrogen) atoms. The lowest BCUT2D eigenvalue weighted by Crippen LogP contribution is -2.06. The predicted molar refractivity (Wildman–Crippen MR) is 99.0 cm³/mol. The van der Waals surface area contributed by atoms with Crippen LogP contribution in [-0.4, -0.2) is 31.1 Å². The largest absolute Gasteiger partial charge is 0.399 e. The molecule has 0 saturated heterocycles. The summed E-state index contributed by atoms with van der Waals surface area (Å²) in [5.41, 5.74) is 12.3. The molecule has 2 rings (SSSR count). The zero-order chi connectivity index (χ0) is 19.5. The SMILES string of the molecule is COS(=O)(=O)c1cc(N)ccc1/C=C/c1ccc(N)cc1S(=O)(=O)OC. The molecule has 0 aliphatic heterocycles. The van der Waals surface area contributed by atoms with Crippen molar-refractivity contribution < 1.29 is 25.2 Å². The first-order valence-electron chi connectivity index (χ1n) is 7.19. The van der Waals surface area contributed by atoms with Crippen molar-refractivity contribution in [2.45, 2.75) is 9.79 Å². The highest BCUT2D eigenvalue weighted by Crippen LogP contribution is 2.26. The van der Waals surface area contributed by atoms with Crippen molar-refractivity contribution in [1.82, 2.24) is 0 Å². The quantitative estimate of drug-likeness (QED) is 0.426. The maximum atomic E-state index is 12.1. The molecule has 2 aromatic carbocycles. The van der Waals surface area contributed by atoms with E-state index in [1.54, 1.807) is 0 Å². The van der Waals surface area contributed by atoms with Crippen LogP contribution in [0.15, 0.2) is 46.2 Å². The Kier molecular flexibility index (Phi) is 5.71. The Morgan fingerprint density at radius 1 is 0.731 bits per heavy atom. The minimum atomic E-state index is -4.00. The van der Waals surface area contributed by atoms with Gasteiger partial charge in [-0.1, -0.05) is 24.3 Å². The molecule has 4 N–H and O–H groups in total. The van der Waals surface area contributed by atoms with Crippen molar-refractivity contribution in [2.75, 3.05) is 25.7 Å². The molecule has 0 atom stereocenters. The number of rotatable bonds is 6.